The van der Waals surface area contributed by atoms with Crippen LogP contribution in [0.3, 0.4) is 0 Å². The topological polar surface area (TPSA) is 55.1 Å². The van der Waals surface area contributed by atoms with Gasteiger partial charge in [0.1, 0.15) is 0 Å². The molecule has 7 heteroatoms. The minimum absolute atomic E-state index is 0.00880. The number of nitrogens with two attached hydrogens (primary N) is 1. The maximum absolute atomic E-state index is 12.2. The summed E-state index contributed by atoms with van der Waals surface area (Å²) in [4.78, 5) is 12.3. The molecule has 0 heterocycles. The van der Waals surface area contributed by atoms with Gasteiger partial charge in [-0.3, -0.25) is 4.79 Å². The molecule has 0 fully saturated rings. The molecule has 1 rings (SSSR count). The van der Waals surface area contributed by atoms with Crippen molar-refractivity contribution in [2.45, 2.75) is 13.8 Å². The summed E-state index contributed by atoms with van der Waals surface area (Å²) in [5, 5.41) is 3.37. The van der Waals surface area contributed by atoms with Crippen LogP contribution in [-0.2, 0) is 4.79 Å². The molecule has 3 N–H and O–H groups in total. The molecule has 0 aliphatic carbocycles. The first kappa shape index (κ1) is 16.7. The van der Waals surface area contributed by atoms with Gasteiger partial charge in [-0.05, 0) is 18.1 Å². The molecule has 0 bridgehead atoms. The predicted octanol–water partition coefficient (Wildman–Crippen LogP) is 4.25. The number of carbonyl (C=O) groups is 1. The van der Waals surface area contributed by atoms with Gasteiger partial charge >= 0.3 is 0 Å². The Balaban J connectivity index is 3.03. The van der Waals surface area contributed by atoms with Crippen molar-refractivity contribution < 1.29 is 4.79 Å². The Kier molecular flexibility index (Phi) is 6.05. The minimum Gasteiger partial charge on any atom is -0.393 e. The van der Waals surface area contributed by atoms with E-state index in [1.165, 1.54) is 0 Å². The number of benzene rings is 1. The van der Waals surface area contributed by atoms with E-state index in [-0.39, 0.29) is 16.8 Å². The molecule has 0 aliphatic heterocycles. The first-order valence-corrected chi connectivity index (χ1v) is 7.44. The maximum Gasteiger partial charge on any atom is 0.234 e. The molecular weight excluding hydrogens is 371 g/mol. The minimum atomic E-state index is -0.564. The van der Waals surface area contributed by atoms with Crippen LogP contribution in [0.2, 0.25) is 10.0 Å². The summed E-state index contributed by atoms with van der Waals surface area (Å²) in [6.07, 6.45) is 0. The van der Waals surface area contributed by atoms with Crippen molar-refractivity contribution in [1.29, 1.82) is 0 Å². The highest BCUT2D eigenvalue weighted by Crippen LogP contribution is 2.34. The molecule has 3 nitrogen and oxygen atoms in total. The second kappa shape index (κ2) is 6.88. The highest BCUT2D eigenvalue weighted by Gasteiger charge is 2.26. The van der Waals surface area contributed by atoms with Crippen molar-refractivity contribution in [2.75, 3.05) is 5.32 Å². The van der Waals surface area contributed by atoms with Crippen LogP contribution in [0.15, 0.2) is 16.6 Å². The van der Waals surface area contributed by atoms with Gasteiger partial charge in [0.2, 0.25) is 5.91 Å². The zero-order valence-corrected chi connectivity index (χ0v) is 14.3. The number of hydrogen-bond acceptors (Lipinski definition) is 2. The first-order valence-electron chi connectivity index (χ1n) is 5.48. The summed E-state index contributed by atoms with van der Waals surface area (Å²) >= 11 is 20.3. The van der Waals surface area contributed by atoms with Crippen LogP contribution in [-0.4, -0.2) is 10.9 Å². The van der Waals surface area contributed by atoms with Crippen molar-refractivity contribution in [3.8, 4) is 0 Å². The van der Waals surface area contributed by atoms with E-state index >= 15 is 0 Å². The molecule has 0 spiro atoms. The average molecular weight is 384 g/mol. The Morgan fingerprint density at radius 3 is 2.21 bits per heavy atom. The second-order valence-corrected chi connectivity index (χ2v) is 6.56. The van der Waals surface area contributed by atoms with E-state index in [1.54, 1.807) is 12.1 Å². The molecule has 1 aromatic rings. The van der Waals surface area contributed by atoms with E-state index in [1.807, 2.05) is 13.8 Å². The SMILES string of the molecule is CC(C)C(C(=O)Nc1c(Cl)cc(Br)cc1Cl)C(N)=S. The Morgan fingerprint density at radius 2 is 1.84 bits per heavy atom. The molecule has 1 amide bonds. The molecule has 0 aliphatic rings. The number of hydrogen-bond donors (Lipinski definition) is 2. The van der Waals surface area contributed by atoms with Crippen LogP contribution in [0.25, 0.3) is 0 Å². The third-order valence-corrected chi connectivity index (χ3v) is 3.82. The number of nitrogens with one attached hydrogen (secondary N) is 1. The number of halogens is 3. The van der Waals surface area contributed by atoms with Crippen LogP contribution >= 0.6 is 51.3 Å². The molecule has 1 aromatic carbocycles. The van der Waals surface area contributed by atoms with E-state index in [0.29, 0.717) is 15.7 Å². The van der Waals surface area contributed by atoms with Crippen LogP contribution in [0.5, 0.6) is 0 Å². The van der Waals surface area contributed by atoms with Crippen molar-refractivity contribution in [1.82, 2.24) is 0 Å². The van der Waals surface area contributed by atoms with E-state index < -0.39 is 5.92 Å². The quantitative estimate of drug-likeness (QED) is 0.764. The lowest BCUT2D eigenvalue weighted by Gasteiger charge is -2.19. The van der Waals surface area contributed by atoms with Gasteiger partial charge in [-0.1, -0.05) is 65.2 Å². The summed E-state index contributed by atoms with van der Waals surface area (Å²) in [6, 6.07) is 3.29. The van der Waals surface area contributed by atoms with Gasteiger partial charge in [0.25, 0.3) is 0 Å². The van der Waals surface area contributed by atoms with Gasteiger partial charge < -0.3 is 11.1 Å². The Bertz CT molecular complexity index is 499. The molecule has 1 atom stereocenters. The molecule has 0 saturated carbocycles. The average Bonchev–Trinajstić information content (AvgIpc) is 2.22. The highest BCUT2D eigenvalue weighted by atomic mass is 79.9. The van der Waals surface area contributed by atoms with Gasteiger partial charge in [0.05, 0.1) is 26.6 Å². The third kappa shape index (κ3) is 4.31. The predicted molar refractivity (Wildman–Crippen MR) is 87.9 cm³/mol. The fourth-order valence-corrected chi connectivity index (χ4v) is 3.31. The lowest BCUT2D eigenvalue weighted by molar-refractivity contribution is -0.118. The maximum atomic E-state index is 12.2. The van der Waals surface area contributed by atoms with Crippen molar-refractivity contribution in [3.63, 3.8) is 0 Å². The van der Waals surface area contributed by atoms with Crippen LogP contribution in [0.1, 0.15) is 13.8 Å². The fourth-order valence-electron chi connectivity index (χ4n) is 1.62. The van der Waals surface area contributed by atoms with Gasteiger partial charge in [0.15, 0.2) is 0 Å². The van der Waals surface area contributed by atoms with Crippen LogP contribution in [0.4, 0.5) is 5.69 Å². The van der Waals surface area contributed by atoms with E-state index in [4.69, 9.17) is 41.2 Å². The Morgan fingerprint density at radius 1 is 1.37 bits per heavy atom. The third-order valence-electron chi connectivity index (χ3n) is 2.51. The molecule has 104 valence electrons. The lowest BCUT2D eigenvalue weighted by Crippen LogP contribution is -2.36. The normalized spacial score (nSPS) is 12.3. The molecule has 19 heavy (non-hydrogen) atoms. The van der Waals surface area contributed by atoms with E-state index in [9.17, 15) is 4.79 Å². The number of amides is 1. The highest BCUT2D eigenvalue weighted by molar-refractivity contribution is 9.10. The van der Waals surface area contributed by atoms with Crippen molar-refractivity contribution in [3.05, 3.63) is 26.7 Å². The molecule has 0 aromatic heterocycles. The summed E-state index contributed by atoms with van der Waals surface area (Å²) in [5.74, 6) is -0.884. The van der Waals surface area contributed by atoms with Crippen LogP contribution in [0, 0.1) is 11.8 Å². The summed E-state index contributed by atoms with van der Waals surface area (Å²) in [6.45, 7) is 3.74. The Hall–Kier alpha value is -0.360. The zero-order valence-electron chi connectivity index (χ0n) is 10.3. The monoisotopic (exact) mass is 382 g/mol. The second-order valence-electron chi connectivity index (χ2n) is 4.36. The summed E-state index contributed by atoms with van der Waals surface area (Å²) in [5.41, 5.74) is 5.95. The van der Waals surface area contributed by atoms with Crippen molar-refractivity contribution in [2.24, 2.45) is 17.6 Å². The van der Waals surface area contributed by atoms with E-state index in [0.717, 1.165) is 4.47 Å². The van der Waals surface area contributed by atoms with Gasteiger partial charge in [-0.25, -0.2) is 0 Å². The molecular formula is C12H13BrCl2N2OS. The largest absolute Gasteiger partial charge is 0.393 e. The van der Waals surface area contributed by atoms with Gasteiger partial charge in [-0.2, -0.15) is 0 Å². The number of rotatable bonds is 4. The fraction of sp³-hybridized carbons (Fsp3) is 0.333. The molecule has 0 radical (unpaired) electrons. The van der Waals surface area contributed by atoms with Gasteiger partial charge in [-0.15, -0.1) is 0 Å². The standard InChI is InChI=1S/C12H13BrCl2N2OS/c1-5(2)9(11(16)19)12(18)17-10-7(14)3-6(13)4-8(10)15/h3-5,9H,1-2H3,(H2,16,19)(H,17,18). The summed E-state index contributed by atoms with van der Waals surface area (Å²) < 4.78 is 0.732. The molecule has 0 saturated heterocycles. The smallest absolute Gasteiger partial charge is 0.234 e. The van der Waals surface area contributed by atoms with Gasteiger partial charge in [0, 0.05) is 4.47 Å². The molecule has 1 unspecified atom stereocenters. The zero-order chi connectivity index (χ0) is 14.7. The first-order chi connectivity index (χ1) is 8.73. The van der Waals surface area contributed by atoms with Crippen molar-refractivity contribution >= 4 is 67.9 Å². The number of thiocarbonyl (C=S) groups is 1. The lowest BCUT2D eigenvalue weighted by atomic mass is 9.95. The number of carbonyl (C=O) groups excluding carboxylic acids is 1. The Labute approximate surface area is 136 Å². The van der Waals surface area contributed by atoms with E-state index in [2.05, 4.69) is 21.2 Å². The number of anilines is 1. The summed E-state index contributed by atoms with van der Waals surface area (Å²) in [7, 11) is 0. The van der Waals surface area contributed by atoms with Crippen LogP contribution < -0.4 is 11.1 Å².